The second kappa shape index (κ2) is 6.17. The van der Waals surface area contributed by atoms with Crippen LogP contribution in [0.3, 0.4) is 0 Å². The summed E-state index contributed by atoms with van der Waals surface area (Å²) in [5.41, 5.74) is 1.66. The van der Waals surface area contributed by atoms with E-state index in [0.717, 1.165) is 16.7 Å². The molecular formula is C19H20O5. The van der Waals surface area contributed by atoms with Gasteiger partial charge in [-0.15, -0.1) is 0 Å². The van der Waals surface area contributed by atoms with E-state index in [1.165, 1.54) is 12.1 Å². The van der Waals surface area contributed by atoms with Gasteiger partial charge < -0.3 is 19.7 Å². The second-order valence-corrected chi connectivity index (χ2v) is 6.41. The molecule has 2 aromatic carbocycles. The molecule has 0 spiro atoms. The van der Waals surface area contributed by atoms with E-state index in [9.17, 15) is 15.0 Å². The summed E-state index contributed by atoms with van der Waals surface area (Å²) in [6.45, 7) is 3.82. The maximum Gasteiger partial charge on any atom is 0.335 e. The first-order valence-corrected chi connectivity index (χ1v) is 7.80. The summed E-state index contributed by atoms with van der Waals surface area (Å²) in [4.78, 5) is 12.4. The van der Waals surface area contributed by atoms with Crippen LogP contribution >= 0.6 is 0 Å². The lowest BCUT2D eigenvalue weighted by Gasteiger charge is -2.37. The van der Waals surface area contributed by atoms with Crippen molar-refractivity contribution in [2.24, 2.45) is 0 Å². The van der Waals surface area contributed by atoms with Crippen LogP contribution in [0.1, 0.15) is 30.5 Å². The van der Waals surface area contributed by atoms with Crippen LogP contribution in [-0.4, -0.2) is 22.3 Å². The zero-order valence-electron chi connectivity index (χ0n) is 13.7. The summed E-state index contributed by atoms with van der Waals surface area (Å²) in [6.07, 6.45) is -0.458. The Labute approximate surface area is 140 Å². The van der Waals surface area contributed by atoms with Gasteiger partial charge in [0, 0.05) is 6.42 Å². The predicted octanol–water partition coefficient (Wildman–Crippen LogP) is 3.02. The van der Waals surface area contributed by atoms with Gasteiger partial charge in [0.05, 0.1) is 5.60 Å². The number of rotatable bonds is 3. The first kappa shape index (κ1) is 16.3. The van der Waals surface area contributed by atoms with Crippen LogP contribution in [0.2, 0.25) is 0 Å². The van der Waals surface area contributed by atoms with Crippen molar-refractivity contribution in [3.63, 3.8) is 0 Å². The Morgan fingerprint density at radius 3 is 2.58 bits per heavy atom. The molecule has 0 bridgehead atoms. The monoisotopic (exact) mass is 328 g/mol. The number of hydrogen-bond acceptors (Lipinski definition) is 5. The van der Waals surface area contributed by atoms with Crippen LogP contribution in [0.4, 0.5) is 0 Å². The van der Waals surface area contributed by atoms with Gasteiger partial charge in [-0.1, -0.05) is 30.3 Å². The number of hydrogen-bond donors (Lipinski definition) is 2. The quantitative estimate of drug-likeness (QED) is 0.669. The molecule has 0 saturated heterocycles. The van der Waals surface area contributed by atoms with E-state index in [1.807, 2.05) is 44.2 Å². The zero-order valence-corrected chi connectivity index (χ0v) is 13.7. The van der Waals surface area contributed by atoms with Crippen molar-refractivity contribution >= 4 is 5.97 Å². The SMILES string of the molecule is CC1(C)OC(C(=O)OCc2ccccc2)Cc2cc(O)c(O)cc21. The Morgan fingerprint density at radius 1 is 1.21 bits per heavy atom. The van der Waals surface area contributed by atoms with Crippen LogP contribution < -0.4 is 0 Å². The summed E-state index contributed by atoms with van der Waals surface area (Å²) in [7, 11) is 0. The highest BCUT2D eigenvalue weighted by molar-refractivity contribution is 5.76. The summed E-state index contributed by atoms with van der Waals surface area (Å²) in [5, 5.41) is 19.4. The standard InChI is InChI=1S/C19H20O5/c1-19(2)14-10-16(21)15(20)8-13(14)9-17(24-19)18(22)23-11-12-6-4-3-5-7-12/h3-8,10,17,20-21H,9,11H2,1-2H3. The number of carbonyl (C=O) groups excluding carboxylic acids is 1. The van der Waals surface area contributed by atoms with E-state index in [0.29, 0.717) is 6.42 Å². The third kappa shape index (κ3) is 3.21. The van der Waals surface area contributed by atoms with Crippen LogP contribution in [0.5, 0.6) is 11.5 Å². The highest BCUT2D eigenvalue weighted by Gasteiger charge is 2.38. The molecule has 2 N–H and O–H groups in total. The molecule has 1 aliphatic rings. The molecule has 5 nitrogen and oxygen atoms in total. The minimum Gasteiger partial charge on any atom is -0.504 e. The van der Waals surface area contributed by atoms with Gasteiger partial charge in [0.2, 0.25) is 0 Å². The van der Waals surface area contributed by atoms with Gasteiger partial charge in [-0.3, -0.25) is 0 Å². The Kier molecular flexibility index (Phi) is 4.20. The molecule has 0 saturated carbocycles. The fourth-order valence-corrected chi connectivity index (χ4v) is 2.96. The Morgan fingerprint density at radius 2 is 1.88 bits per heavy atom. The Bertz CT molecular complexity index is 752. The molecule has 24 heavy (non-hydrogen) atoms. The van der Waals surface area contributed by atoms with Crippen molar-refractivity contribution in [1.82, 2.24) is 0 Å². The molecule has 0 radical (unpaired) electrons. The van der Waals surface area contributed by atoms with Gasteiger partial charge in [-0.25, -0.2) is 4.79 Å². The minimum atomic E-state index is -0.769. The van der Waals surface area contributed by atoms with Gasteiger partial charge in [0.1, 0.15) is 6.61 Å². The number of fused-ring (bicyclic) bond motifs is 1. The van der Waals surface area contributed by atoms with E-state index < -0.39 is 17.7 Å². The normalized spacial score (nSPS) is 18.7. The Balaban J connectivity index is 1.76. The van der Waals surface area contributed by atoms with E-state index >= 15 is 0 Å². The summed E-state index contributed by atoms with van der Waals surface area (Å²) in [5.74, 6) is -0.844. The fourth-order valence-electron chi connectivity index (χ4n) is 2.96. The number of phenols is 2. The van der Waals surface area contributed by atoms with Crippen LogP contribution in [0.25, 0.3) is 0 Å². The van der Waals surface area contributed by atoms with Crippen molar-refractivity contribution in [3.8, 4) is 11.5 Å². The van der Waals surface area contributed by atoms with E-state index in [2.05, 4.69) is 0 Å². The molecule has 1 atom stereocenters. The molecule has 0 aromatic heterocycles. The summed E-state index contributed by atoms with van der Waals surface area (Å²) < 4.78 is 11.2. The molecular weight excluding hydrogens is 308 g/mol. The molecule has 0 aliphatic carbocycles. The highest BCUT2D eigenvalue weighted by atomic mass is 16.6. The minimum absolute atomic E-state index is 0.188. The van der Waals surface area contributed by atoms with Crippen LogP contribution in [0.15, 0.2) is 42.5 Å². The molecule has 1 aliphatic heterocycles. The molecule has 5 heteroatoms. The predicted molar refractivity (Wildman–Crippen MR) is 87.6 cm³/mol. The average Bonchev–Trinajstić information content (AvgIpc) is 2.55. The van der Waals surface area contributed by atoms with Crippen molar-refractivity contribution in [2.75, 3.05) is 0 Å². The number of carbonyl (C=O) groups is 1. The van der Waals surface area contributed by atoms with Crippen molar-refractivity contribution in [1.29, 1.82) is 0 Å². The number of phenolic OH excluding ortho intramolecular Hbond substituents is 2. The number of esters is 1. The maximum absolute atomic E-state index is 12.4. The third-order valence-electron chi connectivity index (χ3n) is 4.18. The third-order valence-corrected chi connectivity index (χ3v) is 4.18. The molecule has 1 unspecified atom stereocenters. The molecule has 1 heterocycles. The highest BCUT2D eigenvalue weighted by Crippen LogP contribution is 2.40. The van der Waals surface area contributed by atoms with Gasteiger partial charge in [0.25, 0.3) is 0 Å². The maximum atomic E-state index is 12.4. The lowest BCUT2D eigenvalue weighted by molar-refractivity contribution is -0.172. The van der Waals surface area contributed by atoms with Gasteiger partial charge in [-0.2, -0.15) is 0 Å². The van der Waals surface area contributed by atoms with E-state index in [-0.39, 0.29) is 18.1 Å². The lowest BCUT2D eigenvalue weighted by Crippen LogP contribution is -2.41. The van der Waals surface area contributed by atoms with Crippen molar-refractivity contribution in [3.05, 3.63) is 59.2 Å². The average molecular weight is 328 g/mol. The summed E-state index contributed by atoms with van der Waals surface area (Å²) >= 11 is 0. The number of aromatic hydroxyl groups is 2. The molecule has 0 amide bonds. The lowest BCUT2D eigenvalue weighted by atomic mass is 9.86. The molecule has 3 rings (SSSR count). The largest absolute Gasteiger partial charge is 0.504 e. The fraction of sp³-hybridized carbons (Fsp3) is 0.316. The number of ether oxygens (including phenoxy) is 2. The van der Waals surface area contributed by atoms with E-state index in [1.54, 1.807) is 0 Å². The molecule has 2 aromatic rings. The van der Waals surface area contributed by atoms with E-state index in [4.69, 9.17) is 9.47 Å². The Hall–Kier alpha value is -2.53. The van der Waals surface area contributed by atoms with Crippen molar-refractivity contribution in [2.45, 2.75) is 38.6 Å². The zero-order chi connectivity index (χ0) is 17.3. The van der Waals surface area contributed by atoms with Crippen LogP contribution in [-0.2, 0) is 32.9 Å². The topological polar surface area (TPSA) is 76.0 Å². The summed E-state index contributed by atoms with van der Waals surface area (Å²) in [6, 6.07) is 12.4. The second-order valence-electron chi connectivity index (χ2n) is 6.41. The smallest absolute Gasteiger partial charge is 0.335 e. The number of benzene rings is 2. The first-order chi connectivity index (χ1) is 11.4. The van der Waals surface area contributed by atoms with Gasteiger partial charge >= 0.3 is 5.97 Å². The van der Waals surface area contributed by atoms with Crippen molar-refractivity contribution < 1.29 is 24.5 Å². The molecule has 126 valence electrons. The van der Waals surface area contributed by atoms with Gasteiger partial charge in [-0.05, 0) is 42.7 Å². The van der Waals surface area contributed by atoms with Gasteiger partial charge in [0.15, 0.2) is 17.6 Å². The van der Waals surface area contributed by atoms with Crippen LogP contribution in [0, 0.1) is 0 Å². The first-order valence-electron chi connectivity index (χ1n) is 7.80. The molecule has 0 fully saturated rings.